The van der Waals surface area contributed by atoms with E-state index in [1.54, 1.807) is 6.07 Å². The zero-order valence-electron chi connectivity index (χ0n) is 9.70. The van der Waals surface area contributed by atoms with Crippen LogP contribution in [0.5, 0.6) is 0 Å². The van der Waals surface area contributed by atoms with E-state index < -0.39 is 6.04 Å². The third-order valence-electron chi connectivity index (χ3n) is 2.54. The van der Waals surface area contributed by atoms with Crippen LogP contribution < -0.4 is 5.32 Å². The predicted octanol–water partition coefficient (Wildman–Crippen LogP) is 5.54. The number of hydrogen-bond donors (Lipinski definition) is 1. The molecule has 0 aliphatic rings. The molecule has 2 aromatic rings. The van der Waals surface area contributed by atoms with Crippen LogP contribution in [-0.2, 0) is 0 Å². The molecule has 0 aromatic heterocycles. The van der Waals surface area contributed by atoms with Gasteiger partial charge in [0, 0.05) is 14.6 Å². The highest BCUT2D eigenvalue weighted by atomic mass is 79.9. The van der Waals surface area contributed by atoms with Crippen molar-refractivity contribution in [3.8, 4) is 6.07 Å². The molecule has 5 heteroatoms. The first-order valence-corrected chi connectivity index (χ1v) is 7.43. The lowest BCUT2D eigenvalue weighted by atomic mass is 10.1. The van der Waals surface area contributed by atoms with Crippen molar-refractivity contribution in [3.05, 3.63) is 62.0 Å². The van der Waals surface area contributed by atoms with Crippen LogP contribution in [0.3, 0.4) is 0 Å². The van der Waals surface area contributed by atoms with Gasteiger partial charge >= 0.3 is 0 Å². The van der Waals surface area contributed by atoms with Gasteiger partial charge in [0.15, 0.2) is 0 Å². The lowest BCUT2D eigenvalue weighted by Gasteiger charge is -2.14. The molecule has 0 amide bonds. The number of hydrogen-bond acceptors (Lipinski definition) is 2. The van der Waals surface area contributed by atoms with Gasteiger partial charge in [-0.2, -0.15) is 5.26 Å². The highest BCUT2D eigenvalue weighted by Gasteiger charge is 2.11. The van der Waals surface area contributed by atoms with Gasteiger partial charge < -0.3 is 5.32 Å². The molecule has 2 nitrogen and oxygen atoms in total. The number of nitrogens with one attached hydrogen (secondary N) is 1. The number of nitriles is 1. The summed E-state index contributed by atoms with van der Waals surface area (Å²) in [6.45, 7) is 0. The van der Waals surface area contributed by atoms with E-state index in [2.05, 4.69) is 43.2 Å². The van der Waals surface area contributed by atoms with Crippen molar-refractivity contribution in [2.75, 3.05) is 5.32 Å². The molecule has 1 unspecified atom stereocenters. The molecule has 0 saturated carbocycles. The van der Waals surface area contributed by atoms with Gasteiger partial charge in [0.25, 0.3) is 0 Å². The highest BCUT2D eigenvalue weighted by molar-refractivity contribution is 9.10. The zero-order chi connectivity index (χ0) is 13.8. The smallest absolute Gasteiger partial charge is 0.140 e. The lowest BCUT2D eigenvalue weighted by Crippen LogP contribution is -2.08. The molecule has 19 heavy (non-hydrogen) atoms. The second-order valence-electron chi connectivity index (χ2n) is 3.89. The molecular formula is C14H9Br2ClN2. The van der Waals surface area contributed by atoms with E-state index in [9.17, 15) is 5.26 Å². The Morgan fingerprint density at radius 1 is 1.16 bits per heavy atom. The van der Waals surface area contributed by atoms with Gasteiger partial charge in [-0.25, -0.2) is 0 Å². The van der Waals surface area contributed by atoms with Gasteiger partial charge in [-0.3, -0.25) is 0 Å². The Morgan fingerprint density at radius 3 is 2.58 bits per heavy atom. The zero-order valence-corrected chi connectivity index (χ0v) is 13.6. The molecule has 1 N–H and O–H groups in total. The van der Waals surface area contributed by atoms with E-state index >= 15 is 0 Å². The summed E-state index contributed by atoms with van der Waals surface area (Å²) in [5.74, 6) is 0. The predicted molar refractivity (Wildman–Crippen MR) is 85.3 cm³/mol. The van der Waals surface area contributed by atoms with Crippen LogP contribution in [0.1, 0.15) is 11.6 Å². The first-order chi connectivity index (χ1) is 9.10. The van der Waals surface area contributed by atoms with Gasteiger partial charge in [-0.1, -0.05) is 39.7 Å². The number of halogens is 3. The lowest BCUT2D eigenvalue weighted by molar-refractivity contribution is 0.997. The topological polar surface area (TPSA) is 35.8 Å². The summed E-state index contributed by atoms with van der Waals surface area (Å²) in [4.78, 5) is 0. The molecule has 0 radical (unpaired) electrons. The normalized spacial score (nSPS) is 11.7. The van der Waals surface area contributed by atoms with Crippen LogP contribution in [-0.4, -0.2) is 0 Å². The SMILES string of the molecule is N#CC(Nc1cccc(Br)c1)c1ccc(Br)c(Cl)c1. The Hall–Kier alpha value is -1.02. The van der Waals surface area contributed by atoms with Crippen molar-refractivity contribution in [1.29, 1.82) is 5.26 Å². The van der Waals surface area contributed by atoms with Crippen molar-refractivity contribution < 1.29 is 0 Å². The van der Waals surface area contributed by atoms with Gasteiger partial charge in [-0.05, 0) is 51.8 Å². The summed E-state index contributed by atoms with van der Waals surface area (Å²) in [5, 5.41) is 13.1. The molecule has 0 saturated heterocycles. The molecule has 1 atom stereocenters. The van der Waals surface area contributed by atoms with Crippen LogP contribution in [0.25, 0.3) is 0 Å². The average Bonchev–Trinajstić information content (AvgIpc) is 2.39. The summed E-state index contributed by atoms with van der Waals surface area (Å²) in [5.41, 5.74) is 1.70. The number of benzene rings is 2. The van der Waals surface area contributed by atoms with Gasteiger partial charge in [0.2, 0.25) is 0 Å². The molecule has 2 aromatic carbocycles. The van der Waals surface area contributed by atoms with E-state index in [0.717, 1.165) is 20.2 Å². The molecule has 0 fully saturated rings. The molecule has 0 aliphatic carbocycles. The highest BCUT2D eigenvalue weighted by Crippen LogP contribution is 2.28. The number of nitrogens with zero attached hydrogens (tertiary/aromatic N) is 1. The van der Waals surface area contributed by atoms with Gasteiger partial charge in [-0.15, -0.1) is 0 Å². The van der Waals surface area contributed by atoms with Crippen molar-refractivity contribution >= 4 is 49.1 Å². The van der Waals surface area contributed by atoms with E-state index in [1.165, 1.54) is 0 Å². The van der Waals surface area contributed by atoms with Crippen LogP contribution >= 0.6 is 43.5 Å². The van der Waals surface area contributed by atoms with E-state index in [-0.39, 0.29) is 0 Å². The van der Waals surface area contributed by atoms with Crippen molar-refractivity contribution in [1.82, 2.24) is 0 Å². The standard InChI is InChI=1S/C14H9Br2ClN2/c15-10-2-1-3-11(7-10)19-14(8-18)9-4-5-12(16)13(17)6-9/h1-7,14,19H. The molecule has 0 bridgehead atoms. The monoisotopic (exact) mass is 398 g/mol. The van der Waals surface area contributed by atoms with Crippen LogP contribution in [0, 0.1) is 11.3 Å². The summed E-state index contributed by atoms with van der Waals surface area (Å²) < 4.78 is 1.78. The second kappa shape index (κ2) is 6.42. The number of anilines is 1. The summed E-state index contributed by atoms with van der Waals surface area (Å²) in [6.07, 6.45) is 0. The fourth-order valence-electron chi connectivity index (χ4n) is 1.63. The number of rotatable bonds is 3. The molecule has 0 spiro atoms. The van der Waals surface area contributed by atoms with Crippen LogP contribution in [0.4, 0.5) is 5.69 Å². The second-order valence-corrected chi connectivity index (χ2v) is 6.07. The molecule has 2 rings (SSSR count). The van der Waals surface area contributed by atoms with Crippen molar-refractivity contribution in [2.24, 2.45) is 0 Å². The molecule has 96 valence electrons. The van der Waals surface area contributed by atoms with Crippen molar-refractivity contribution in [2.45, 2.75) is 6.04 Å². The Morgan fingerprint density at radius 2 is 1.95 bits per heavy atom. The Kier molecular flexibility index (Phi) is 4.87. The minimum Gasteiger partial charge on any atom is -0.366 e. The quantitative estimate of drug-likeness (QED) is 0.734. The fraction of sp³-hybridized carbons (Fsp3) is 0.0714. The van der Waals surface area contributed by atoms with Gasteiger partial charge in [0.1, 0.15) is 6.04 Å². The first-order valence-electron chi connectivity index (χ1n) is 5.47. The fourth-order valence-corrected chi connectivity index (χ4v) is 2.46. The summed E-state index contributed by atoms with van der Waals surface area (Å²) >= 11 is 12.8. The summed E-state index contributed by atoms with van der Waals surface area (Å²) in [6, 6.07) is 15.0. The van der Waals surface area contributed by atoms with Crippen LogP contribution in [0.15, 0.2) is 51.4 Å². The molecular weight excluding hydrogens is 391 g/mol. The van der Waals surface area contributed by atoms with E-state index in [1.807, 2.05) is 36.4 Å². The maximum absolute atomic E-state index is 9.29. The Bertz CT molecular complexity index is 638. The minimum absolute atomic E-state index is 0.445. The Labute approximate surface area is 133 Å². The average molecular weight is 401 g/mol. The maximum Gasteiger partial charge on any atom is 0.140 e. The minimum atomic E-state index is -0.445. The maximum atomic E-state index is 9.29. The summed E-state index contributed by atoms with van der Waals surface area (Å²) in [7, 11) is 0. The van der Waals surface area contributed by atoms with Crippen molar-refractivity contribution in [3.63, 3.8) is 0 Å². The third kappa shape index (κ3) is 3.73. The third-order valence-corrected chi connectivity index (χ3v) is 4.27. The van der Waals surface area contributed by atoms with E-state index in [0.29, 0.717) is 5.02 Å². The first kappa shape index (κ1) is 14.4. The van der Waals surface area contributed by atoms with E-state index in [4.69, 9.17) is 11.6 Å². The largest absolute Gasteiger partial charge is 0.366 e. The Balaban J connectivity index is 2.25. The molecule has 0 heterocycles. The molecule has 0 aliphatic heterocycles. The van der Waals surface area contributed by atoms with Crippen LogP contribution in [0.2, 0.25) is 5.02 Å². The van der Waals surface area contributed by atoms with Gasteiger partial charge in [0.05, 0.1) is 11.1 Å².